The molecule has 0 saturated carbocycles. The highest BCUT2D eigenvalue weighted by atomic mass is 32.2. The van der Waals surface area contributed by atoms with Crippen LogP contribution in [0.2, 0.25) is 0 Å². The summed E-state index contributed by atoms with van der Waals surface area (Å²) in [5, 5.41) is 0. The highest BCUT2D eigenvalue weighted by Gasteiger charge is 2.50. The monoisotopic (exact) mass is 774 g/mol. The fourth-order valence-corrected chi connectivity index (χ4v) is 11.3. The Morgan fingerprint density at radius 3 is 1.58 bits per heavy atom. The minimum atomic E-state index is -0.431. The van der Waals surface area contributed by atoms with Crippen molar-refractivity contribution in [3.05, 3.63) is 246 Å². The van der Waals surface area contributed by atoms with Crippen molar-refractivity contribution >= 4 is 45.9 Å². The van der Waals surface area contributed by atoms with Gasteiger partial charge in [0, 0.05) is 44.0 Å². The molecule has 0 amide bonds. The molecule has 8 aromatic carbocycles. The largest absolute Gasteiger partial charge is 0.483 e. The Morgan fingerprint density at radius 1 is 0.424 bits per heavy atom. The maximum atomic E-state index is 7.13. The van der Waals surface area contributed by atoms with Gasteiger partial charge in [-0.3, -0.25) is 0 Å². The lowest BCUT2D eigenvalue weighted by Crippen LogP contribution is -2.32. The quantitative estimate of drug-likeness (QED) is 0.167. The highest BCUT2D eigenvalue weighted by molar-refractivity contribution is 7.99. The fraction of sp³-hybridized carbons (Fsp3) is 0.0545. The minimum Gasteiger partial charge on any atom is -0.483 e. The zero-order valence-electron chi connectivity index (χ0n) is 32.2. The second-order valence-electron chi connectivity index (χ2n) is 15.5. The Morgan fingerprint density at radius 2 is 0.932 bits per heavy atom. The lowest BCUT2D eigenvalue weighted by molar-refractivity contribution is 0.269. The molecule has 2 heterocycles. The zero-order chi connectivity index (χ0) is 38.9. The number of hydrogen-bond donors (Lipinski definition) is 0. The number of rotatable bonds is 6. The van der Waals surface area contributed by atoms with Crippen LogP contribution >= 0.6 is 11.8 Å². The number of para-hydroxylation sites is 3. The van der Waals surface area contributed by atoms with Crippen molar-refractivity contribution in [2.45, 2.75) is 27.2 Å². The van der Waals surface area contributed by atoms with Crippen LogP contribution in [0, 0.1) is 0 Å². The summed E-state index contributed by atoms with van der Waals surface area (Å²) >= 11 is 1.88. The first kappa shape index (κ1) is 34.1. The van der Waals surface area contributed by atoms with E-state index in [2.05, 4.69) is 228 Å². The van der Waals surface area contributed by atoms with E-state index >= 15 is 0 Å². The van der Waals surface area contributed by atoms with E-state index in [1.807, 2.05) is 11.8 Å². The van der Waals surface area contributed by atoms with Gasteiger partial charge in [-0.05, 0) is 106 Å². The smallest absolute Gasteiger partial charge is 0.150 e. The molecule has 2 aliphatic carbocycles. The van der Waals surface area contributed by atoms with Crippen LogP contribution in [-0.4, -0.2) is 6.10 Å². The number of hydrogen-bond acceptors (Lipinski definition) is 4. The Labute approximate surface area is 349 Å². The van der Waals surface area contributed by atoms with Gasteiger partial charge in [0.05, 0.1) is 16.8 Å². The molecule has 0 fully saturated rings. The summed E-state index contributed by atoms with van der Waals surface area (Å²) in [5.74, 6) is 0.954. The lowest BCUT2D eigenvalue weighted by atomic mass is 9.67. The molecular formula is C55H38N2OS. The molecule has 1 spiro atoms. The standard InChI is InChI=1S/C55H38N2OS/c1-4-18-37(19-5-1)56(38-20-6-2-7-21-38)48-34-35-49(54-53(48)43-26-12-16-30-50(43)58-54)57(39-22-8-3-9-23-39)40-32-33-47-52(36-40)59-51-31-17-15-29-46(51)55(47)44-27-13-10-24-41(44)42-25-11-14-28-45(42)55/h1-36,43,50H. The van der Waals surface area contributed by atoms with Gasteiger partial charge in [0.2, 0.25) is 0 Å². The van der Waals surface area contributed by atoms with E-state index in [-0.39, 0.29) is 12.0 Å². The summed E-state index contributed by atoms with van der Waals surface area (Å²) < 4.78 is 7.13. The lowest BCUT2D eigenvalue weighted by Gasteiger charge is -2.40. The van der Waals surface area contributed by atoms with Gasteiger partial charge >= 0.3 is 0 Å². The molecule has 2 unspecified atom stereocenters. The SMILES string of the molecule is C1=CC2Oc3c(N(c4ccccc4)c4ccc5c(c4)Sc4ccccc4C54c5ccccc5-c5ccccc54)ccc(N(c4ccccc4)c4ccccc4)c3C2C=C1. The van der Waals surface area contributed by atoms with E-state index in [1.54, 1.807) is 0 Å². The van der Waals surface area contributed by atoms with Crippen LogP contribution < -0.4 is 14.5 Å². The van der Waals surface area contributed by atoms with Crippen LogP contribution in [0.3, 0.4) is 0 Å². The summed E-state index contributed by atoms with van der Waals surface area (Å²) in [6.07, 6.45) is 8.66. The van der Waals surface area contributed by atoms with Crippen LogP contribution in [0.4, 0.5) is 34.1 Å². The molecule has 2 aliphatic heterocycles. The van der Waals surface area contributed by atoms with E-state index in [1.165, 1.54) is 48.7 Å². The van der Waals surface area contributed by atoms with Crippen molar-refractivity contribution in [2.75, 3.05) is 9.80 Å². The molecule has 0 saturated heterocycles. The first-order valence-corrected chi connectivity index (χ1v) is 21.2. The summed E-state index contributed by atoms with van der Waals surface area (Å²) in [6, 6.07) is 70.8. The van der Waals surface area contributed by atoms with Crippen molar-refractivity contribution < 1.29 is 4.74 Å². The van der Waals surface area contributed by atoms with Gasteiger partial charge in [-0.2, -0.15) is 0 Å². The summed E-state index contributed by atoms with van der Waals surface area (Å²) in [5.41, 5.74) is 15.2. The summed E-state index contributed by atoms with van der Waals surface area (Å²) in [6.45, 7) is 0. The molecule has 12 rings (SSSR count). The molecule has 0 aromatic heterocycles. The predicted octanol–water partition coefficient (Wildman–Crippen LogP) is 14.4. The van der Waals surface area contributed by atoms with E-state index in [4.69, 9.17) is 4.74 Å². The number of ether oxygens (including phenoxy) is 1. The van der Waals surface area contributed by atoms with Crippen molar-refractivity contribution in [3.63, 3.8) is 0 Å². The second-order valence-corrected chi connectivity index (χ2v) is 16.6. The second kappa shape index (κ2) is 13.5. The van der Waals surface area contributed by atoms with Gasteiger partial charge in [0.25, 0.3) is 0 Å². The molecule has 8 aromatic rings. The Hall–Kier alpha value is -7.01. The Kier molecular flexibility index (Phi) is 7.82. The van der Waals surface area contributed by atoms with Crippen molar-refractivity contribution in [2.24, 2.45) is 0 Å². The minimum absolute atomic E-state index is 0.0513. The van der Waals surface area contributed by atoms with E-state index < -0.39 is 5.41 Å². The number of nitrogens with zero attached hydrogens (tertiary/aromatic N) is 2. The zero-order valence-corrected chi connectivity index (χ0v) is 33.0. The Bertz CT molecular complexity index is 2890. The van der Waals surface area contributed by atoms with Crippen molar-refractivity contribution in [3.8, 4) is 16.9 Å². The average molecular weight is 775 g/mol. The molecule has 4 heteroatoms. The molecule has 0 bridgehead atoms. The highest BCUT2D eigenvalue weighted by Crippen LogP contribution is 2.63. The molecule has 0 radical (unpaired) electrons. The number of benzene rings is 8. The maximum absolute atomic E-state index is 7.13. The third-order valence-electron chi connectivity index (χ3n) is 12.4. The van der Waals surface area contributed by atoms with E-state index in [0.29, 0.717) is 0 Å². The van der Waals surface area contributed by atoms with Gasteiger partial charge < -0.3 is 14.5 Å². The number of anilines is 6. The van der Waals surface area contributed by atoms with Gasteiger partial charge in [0.1, 0.15) is 11.9 Å². The van der Waals surface area contributed by atoms with Crippen LogP contribution in [0.1, 0.15) is 33.7 Å². The molecule has 59 heavy (non-hydrogen) atoms. The number of fused-ring (bicyclic) bond motifs is 12. The molecule has 0 N–H and O–H groups in total. The first-order chi connectivity index (χ1) is 29.3. The summed E-state index contributed by atoms with van der Waals surface area (Å²) in [7, 11) is 0. The van der Waals surface area contributed by atoms with Crippen LogP contribution in [-0.2, 0) is 5.41 Å². The molecule has 2 atom stereocenters. The van der Waals surface area contributed by atoms with Crippen molar-refractivity contribution in [1.82, 2.24) is 0 Å². The first-order valence-electron chi connectivity index (χ1n) is 20.3. The average Bonchev–Trinajstić information content (AvgIpc) is 3.84. The third-order valence-corrected chi connectivity index (χ3v) is 13.6. The normalized spacial score (nSPS) is 16.9. The third kappa shape index (κ3) is 5.09. The van der Waals surface area contributed by atoms with Crippen LogP contribution in [0.5, 0.6) is 5.75 Å². The fourth-order valence-electron chi connectivity index (χ4n) is 10.1. The van der Waals surface area contributed by atoms with Crippen molar-refractivity contribution in [1.29, 1.82) is 0 Å². The molecule has 3 nitrogen and oxygen atoms in total. The van der Waals surface area contributed by atoms with Gasteiger partial charge in [-0.15, -0.1) is 0 Å². The van der Waals surface area contributed by atoms with Gasteiger partial charge in [0.15, 0.2) is 0 Å². The molecular weight excluding hydrogens is 737 g/mol. The number of allylic oxidation sites excluding steroid dienone is 2. The van der Waals surface area contributed by atoms with E-state index in [0.717, 1.165) is 39.9 Å². The summed E-state index contributed by atoms with van der Waals surface area (Å²) in [4.78, 5) is 7.31. The van der Waals surface area contributed by atoms with Crippen LogP contribution in [0.25, 0.3) is 11.1 Å². The van der Waals surface area contributed by atoms with Crippen LogP contribution in [0.15, 0.2) is 228 Å². The van der Waals surface area contributed by atoms with Gasteiger partial charge in [-0.1, -0.05) is 157 Å². The molecule has 280 valence electrons. The topological polar surface area (TPSA) is 15.7 Å². The van der Waals surface area contributed by atoms with E-state index in [9.17, 15) is 0 Å². The Balaban J connectivity index is 1.08. The molecule has 4 aliphatic rings. The maximum Gasteiger partial charge on any atom is 0.150 e. The predicted molar refractivity (Wildman–Crippen MR) is 243 cm³/mol. The van der Waals surface area contributed by atoms with Gasteiger partial charge in [-0.25, -0.2) is 0 Å².